The van der Waals surface area contributed by atoms with Gasteiger partial charge in [0.15, 0.2) is 0 Å². The number of aryl methyl sites for hydroxylation is 2. The predicted molar refractivity (Wildman–Crippen MR) is 122 cm³/mol. The number of carbonyl (C=O) groups excluding carboxylic acids is 1. The van der Waals surface area contributed by atoms with E-state index >= 15 is 0 Å². The Hall–Kier alpha value is -3.46. The van der Waals surface area contributed by atoms with Gasteiger partial charge in [-0.1, -0.05) is 67.9 Å². The third-order valence-corrected chi connectivity index (χ3v) is 5.25. The molecule has 0 aliphatic rings. The zero-order valence-corrected chi connectivity index (χ0v) is 17.8. The summed E-state index contributed by atoms with van der Waals surface area (Å²) in [7, 11) is 0. The van der Waals surface area contributed by atoms with E-state index in [4.69, 9.17) is 9.72 Å². The minimum absolute atomic E-state index is 0.254. The van der Waals surface area contributed by atoms with Crippen molar-refractivity contribution in [1.29, 1.82) is 0 Å². The van der Waals surface area contributed by atoms with Gasteiger partial charge in [-0.15, -0.1) is 0 Å². The molecule has 4 aromatic rings. The van der Waals surface area contributed by atoms with E-state index in [1.807, 2.05) is 86.6 Å². The van der Waals surface area contributed by atoms with Crippen LogP contribution >= 0.6 is 0 Å². The van der Waals surface area contributed by atoms with Gasteiger partial charge in [0.25, 0.3) is 0 Å². The van der Waals surface area contributed by atoms with Crippen molar-refractivity contribution in [2.45, 2.75) is 33.6 Å². The maximum atomic E-state index is 13.4. The molecule has 3 aromatic carbocycles. The second-order valence-electron chi connectivity index (χ2n) is 8.03. The summed E-state index contributed by atoms with van der Waals surface area (Å²) in [5.41, 5.74) is 6.18. The van der Waals surface area contributed by atoms with E-state index in [0.29, 0.717) is 11.3 Å². The van der Waals surface area contributed by atoms with Gasteiger partial charge in [0.2, 0.25) is 0 Å². The standard InChI is InChI=1S/C27H25NO2/c1-17(2)21-12-10-19(4)15-26(21)30-27(29)23-16-25(20-8-6-5-7-9-20)28-24-13-11-18(3)14-22(23)24/h5-17H,1-4H3. The largest absolute Gasteiger partial charge is 0.423 e. The third kappa shape index (κ3) is 3.97. The van der Waals surface area contributed by atoms with E-state index in [9.17, 15) is 4.79 Å². The maximum absolute atomic E-state index is 13.4. The summed E-state index contributed by atoms with van der Waals surface area (Å²) in [5.74, 6) is 0.510. The fourth-order valence-corrected chi connectivity index (χ4v) is 3.63. The second kappa shape index (κ2) is 8.11. The van der Waals surface area contributed by atoms with Crippen LogP contribution in [0.5, 0.6) is 5.75 Å². The van der Waals surface area contributed by atoms with E-state index in [0.717, 1.165) is 38.9 Å². The number of benzene rings is 3. The minimum Gasteiger partial charge on any atom is -0.423 e. The molecule has 0 N–H and O–H groups in total. The van der Waals surface area contributed by atoms with E-state index in [2.05, 4.69) is 13.8 Å². The molecule has 30 heavy (non-hydrogen) atoms. The lowest BCUT2D eigenvalue weighted by molar-refractivity contribution is 0.0735. The Morgan fingerprint density at radius 3 is 2.30 bits per heavy atom. The molecule has 0 radical (unpaired) electrons. The minimum atomic E-state index is -0.363. The lowest BCUT2D eigenvalue weighted by Crippen LogP contribution is -2.12. The number of hydrogen-bond donors (Lipinski definition) is 0. The first-order valence-corrected chi connectivity index (χ1v) is 10.2. The first-order chi connectivity index (χ1) is 14.4. The van der Waals surface area contributed by atoms with Gasteiger partial charge in [-0.2, -0.15) is 0 Å². The van der Waals surface area contributed by atoms with E-state index in [1.165, 1.54) is 0 Å². The number of carbonyl (C=O) groups is 1. The summed E-state index contributed by atoms with van der Waals surface area (Å²) < 4.78 is 5.95. The highest BCUT2D eigenvalue weighted by Crippen LogP contribution is 2.30. The highest BCUT2D eigenvalue weighted by molar-refractivity contribution is 6.05. The number of hydrogen-bond acceptors (Lipinski definition) is 3. The normalized spacial score (nSPS) is 11.1. The average Bonchev–Trinajstić information content (AvgIpc) is 2.73. The van der Waals surface area contributed by atoms with Crippen molar-refractivity contribution in [3.63, 3.8) is 0 Å². The molecule has 4 rings (SSSR count). The van der Waals surface area contributed by atoms with Crippen LogP contribution in [0.1, 0.15) is 46.8 Å². The molecule has 0 unspecified atom stereocenters. The van der Waals surface area contributed by atoms with Gasteiger partial charge >= 0.3 is 5.97 Å². The Kier molecular flexibility index (Phi) is 5.37. The van der Waals surface area contributed by atoms with Gasteiger partial charge in [0.1, 0.15) is 5.75 Å². The summed E-state index contributed by atoms with van der Waals surface area (Å²) in [6.07, 6.45) is 0. The summed E-state index contributed by atoms with van der Waals surface area (Å²) in [6.45, 7) is 8.21. The van der Waals surface area contributed by atoms with Crippen molar-refractivity contribution in [1.82, 2.24) is 4.98 Å². The molecule has 3 nitrogen and oxygen atoms in total. The number of nitrogens with zero attached hydrogens (tertiary/aromatic N) is 1. The second-order valence-corrected chi connectivity index (χ2v) is 8.03. The van der Waals surface area contributed by atoms with Gasteiger partial charge in [-0.3, -0.25) is 0 Å². The number of esters is 1. The predicted octanol–water partition coefficient (Wildman–Crippen LogP) is 6.86. The van der Waals surface area contributed by atoms with E-state index in [-0.39, 0.29) is 11.9 Å². The molecule has 1 heterocycles. The zero-order valence-electron chi connectivity index (χ0n) is 17.8. The quantitative estimate of drug-likeness (QED) is 0.280. The molecule has 0 fully saturated rings. The van der Waals surface area contributed by atoms with Gasteiger partial charge in [-0.25, -0.2) is 9.78 Å². The Bertz CT molecular complexity index is 1230. The Morgan fingerprint density at radius 1 is 0.867 bits per heavy atom. The van der Waals surface area contributed by atoms with Gasteiger partial charge in [0.05, 0.1) is 16.8 Å². The maximum Gasteiger partial charge on any atom is 0.344 e. The Morgan fingerprint density at radius 2 is 1.57 bits per heavy atom. The summed E-state index contributed by atoms with van der Waals surface area (Å²) in [6, 6.07) is 23.7. The van der Waals surface area contributed by atoms with Crippen LogP contribution in [-0.2, 0) is 0 Å². The van der Waals surface area contributed by atoms with Crippen LogP contribution in [0.3, 0.4) is 0 Å². The van der Waals surface area contributed by atoms with Crippen LogP contribution < -0.4 is 4.74 Å². The molecule has 0 aliphatic heterocycles. The molecule has 0 bridgehead atoms. The smallest absolute Gasteiger partial charge is 0.344 e. The van der Waals surface area contributed by atoms with Gasteiger partial charge in [0, 0.05) is 10.9 Å². The summed E-state index contributed by atoms with van der Waals surface area (Å²) >= 11 is 0. The van der Waals surface area contributed by atoms with Crippen molar-refractivity contribution in [3.05, 3.63) is 95.1 Å². The molecule has 0 atom stereocenters. The molecule has 150 valence electrons. The topological polar surface area (TPSA) is 39.2 Å². The highest BCUT2D eigenvalue weighted by atomic mass is 16.5. The van der Waals surface area contributed by atoms with E-state index < -0.39 is 0 Å². The molecule has 1 aromatic heterocycles. The van der Waals surface area contributed by atoms with Crippen molar-refractivity contribution in [2.24, 2.45) is 0 Å². The number of rotatable bonds is 4. The Balaban J connectivity index is 1.84. The third-order valence-electron chi connectivity index (χ3n) is 5.25. The molecule has 3 heteroatoms. The van der Waals surface area contributed by atoms with Crippen LogP contribution in [0.2, 0.25) is 0 Å². The lowest BCUT2D eigenvalue weighted by atomic mass is 10.00. The van der Waals surface area contributed by atoms with Crippen molar-refractivity contribution in [3.8, 4) is 17.0 Å². The van der Waals surface area contributed by atoms with Crippen molar-refractivity contribution < 1.29 is 9.53 Å². The molecular weight excluding hydrogens is 370 g/mol. The van der Waals surface area contributed by atoms with Crippen molar-refractivity contribution in [2.75, 3.05) is 0 Å². The number of aromatic nitrogens is 1. The lowest BCUT2D eigenvalue weighted by Gasteiger charge is -2.15. The SMILES string of the molecule is Cc1ccc(C(C)C)c(OC(=O)c2cc(-c3ccccc3)nc3ccc(C)cc23)c1. The zero-order chi connectivity index (χ0) is 21.3. The van der Waals surface area contributed by atoms with Crippen LogP contribution in [0.4, 0.5) is 0 Å². The fraction of sp³-hybridized carbons (Fsp3) is 0.185. The highest BCUT2D eigenvalue weighted by Gasteiger charge is 2.18. The fourth-order valence-electron chi connectivity index (χ4n) is 3.63. The molecular formula is C27H25NO2. The molecule has 0 spiro atoms. The summed E-state index contributed by atoms with van der Waals surface area (Å²) in [5, 5.41) is 0.804. The molecule has 0 amide bonds. The first-order valence-electron chi connectivity index (χ1n) is 10.2. The average molecular weight is 396 g/mol. The monoisotopic (exact) mass is 395 g/mol. The van der Waals surface area contributed by atoms with Gasteiger partial charge in [-0.05, 0) is 55.2 Å². The van der Waals surface area contributed by atoms with Gasteiger partial charge < -0.3 is 4.74 Å². The Labute approximate surface area is 177 Å². The number of fused-ring (bicyclic) bond motifs is 1. The van der Waals surface area contributed by atoms with Crippen LogP contribution in [-0.4, -0.2) is 11.0 Å². The van der Waals surface area contributed by atoms with Crippen LogP contribution in [0.25, 0.3) is 22.2 Å². The van der Waals surface area contributed by atoms with Crippen LogP contribution in [0, 0.1) is 13.8 Å². The number of ether oxygens (including phenoxy) is 1. The van der Waals surface area contributed by atoms with Crippen LogP contribution in [0.15, 0.2) is 72.8 Å². The molecule has 0 aliphatic carbocycles. The molecule has 0 saturated heterocycles. The first kappa shape index (κ1) is 19.8. The van der Waals surface area contributed by atoms with E-state index in [1.54, 1.807) is 0 Å². The number of pyridine rings is 1. The van der Waals surface area contributed by atoms with Crippen molar-refractivity contribution >= 4 is 16.9 Å². The molecule has 0 saturated carbocycles. The summed E-state index contributed by atoms with van der Waals surface area (Å²) in [4.78, 5) is 18.1.